The maximum Gasteiger partial charge on any atom is 0.0421 e. The zero-order chi connectivity index (χ0) is 13.6. The van der Waals surface area contributed by atoms with Crippen molar-refractivity contribution in [2.45, 2.75) is 19.3 Å². The van der Waals surface area contributed by atoms with E-state index in [0.29, 0.717) is 0 Å². The first-order chi connectivity index (χ1) is 9.92. The lowest BCUT2D eigenvalue weighted by Gasteiger charge is -2.18. The highest BCUT2D eigenvalue weighted by Crippen LogP contribution is 2.21. The first-order valence-corrected chi connectivity index (χ1v) is 7.41. The van der Waals surface area contributed by atoms with Crippen LogP contribution in [0.3, 0.4) is 0 Å². The van der Waals surface area contributed by atoms with Gasteiger partial charge in [0.25, 0.3) is 0 Å². The summed E-state index contributed by atoms with van der Waals surface area (Å²) in [6.07, 6.45) is 5.45. The topological polar surface area (TPSA) is 28.2 Å². The van der Waals surface area contributed by atoms with Gasteiger partial charge in [0.05, 0.1) is 0 Å². The Balaban J connectivity index is 1.50. The minimum Gasteiger partial charge on any atom is -0.385 e. The molecule has 0 radical (unpaired) electrons. The Morgan fingerprint density at radius 2 is 1.80 bits per heavy atom. The average Bonchev–Trinajstić information content (AvgIpc) is 3.03. The number of nitrogens with zero attached hydrogens (tertiary/aromatic N) is 2. The van der Waals surface area contributed by atoms with Crippen LogP contribution in [-0.4, -0.2) is 24.6 Å². The van der Waals surface area contributed by atoms with Gasteiger partial charge in [0.15, 0.2) is 0 Å². The van der Waals surface area contributed by atoms with E-state index in [-0.39, 0.29) is 0 Å². The summed E-state index contributed by atoms with van der Waals surface area (Å²) in [5.74, 6) is 0. The predicted molar refractivity (Wildman–Crippen MR) is 84.3 cm³/mol. The van der Waals surface area contributed by atoms with E-state index in [1.165, 1.54) is 37.3 Å². The summed E-state index contributed by atoms with van der Waals surface area (Å²) >= 11 is 0. The van der Waals surface area contributed by atoms with E-state index >= 15 is 0 Å². The monoisotopic (exact) mass is 267 g/mol. The van der Waals surface area contributed by atoms with Crippen molar-refractivity contribution in [3.8, 4) is 0 Å². The quantitative estimate of drug-likeness (QED) is 0.900. The summed E-state index contributed by atoms with van der Waals surface area (Å²) in [5, 5.41) is 3.45. The highest BCUT2D eigenvalue weighted by atomic mass is 15.1. The second kappa shape index (κ2) is 6.42. The van der Waals surface area contributed by atoms with Crippen LogP contribution in [0, 0.1) is 0 Å². The molecule has 3 rings (SSSR count). The summed E-state index contributed by atoms with van der Waals surface area (Å²) < 4.78 is 0. The van der Waals surface area contributed by atoms with E-state index in [0.717, 1.165) is 18.7 Å². The summed E-state index contributed by atoms with van der Waals surface area (Å²) in [7, 11) is 0. The Hall–Kier alpha value is -2.03. The molecule has 3 nitrogen and oxygen atoms in total. The largest absolute Gasteiger partial charge is 0.385 e. The third-order valence-electron chi connectivity index (χ3n) is 3.77. The molecule has 104 valence electrons. The van der Waals surface area contributed by atoms with Crippen molar-refractivity contribution >= 4 is 11.4 Å². The smallest absolute Gasteiger partial charge is 0.0421 e. The molecule has 2 heterocycles. The minimum absolute atomic E-state index is 0.917. The van der Waals surface area contributed by atoms with Crippen molar-refractivity contribution in [2.75, 3.05) is 29.9 Å². The second-order valence-electron chi connectivity index (χ2n) is 5.24. The molecule has 2 aromatic rings. The Bertz CT molecular complexity index is 516. The maximum absolute atomic E-state index is 4.33. The van der Waals surface area contributed by atoms with Crippen molar-refractivity contribution in [3.05, 3.63) is 54.4 Å². The van der Waals surface area contributed by atoms with Gasteiger partial charge in [-0.05, 0) is 49.2 Å². The number of anilines is 2. The third kappa shape index (κ3) is 3.29. The SMILES string of the molecule is c1ccc(CCNc2ccc(N3CCCC3)cc2)nc1. The van der Waals surface area contributed by atoms with Crippen LogP contribution in [0.1, 0.15) is 18.5 Å². The van der Waals surface area contributed by atoms with E-state index in [4.69, 9.17) is 0 Å². The van der Waals surface area contributed by atoms with Crippen molar-refractivity contribution in [1.29, 1.82) is 0 Å². The molecule has 0 saturated carbocycles. The lowest BCUT2D eigenvalue weighted by atomic mass is 10.2. The molecule has 0 bridgehead atoms. The van der Waals surface area contributed by atoms with E-state index < -0.39 is 0 Å². The van der Waals surface area contributed by atoms with Crippen LogP contribution in [-0.2, 0) is 6.42 Å². The van der Waals surface area contributed by atoms with Crippen LogP contribution >= 0.6 is 0 Å². The van der Waals surface area contributed by atoms with Crippen molar-refractivity contribution in [1.82, 2.24) is 4.98 Å². The lowest BCUT2D eigenvalue weighted by molar-refractivity contribution is 0.949. The van der Waals surface area contributed by atoms with Gasteiger partial charge in [-0.15, -0.1) is 0 Å². The number of benzene rings is 1. The minimum atomic E-state index is 0.917. The highest BCUT2D eigenvalue weighted by molar-refractivity contribution is 5.55. The van der Waals surface area contributed by atoms with Gasteiger partial charge in [-0.1, -0.05) is 6.07 Å². The number of hydrogen-bond acceptors (Lipinski definition) is 3. The molecule has 1 aromatic carbocycles. The molecule has 1 fully saturated rings. The molecule has 0 atom stereocenters. The van der Waals surface area contributed by atoms with Gasteiger partial charge in [0, 0.05) is 49.3 Å². The Morgan fingerprint density at radius 1 is 1.00 bits per heavy atom. The van der Waals surface area contributed by atoms with Gasteiger partial charge < -0.3 is 10.2 Å². The zero-order valence-electron chi connectivity index (χ0n) is 11.8. The molecule has 1 aliphatic rings. The molecule has 0 unspecified atom stereocenters. The van der Waals surface area contributed by atoms with E-state index in [2.05, 4.69) is 45.5 Å². The molecule has 3 heteroatoms. The molecule has 20 heavy (non-hydrogen) atoms. The van der Waals surface area contributed by atoms with Crippen molar-refractivity contribution in [3.63, 3.8) is 0 Å². The lowest BCUT2D eigenvalue weighted by Crippen LogP contribution is -2.17. The average molecular weight is 267 g/mol. The van der Waals surface area contributed by atoms with Gasteiger partial charge in [-0.2, -0.15) is 0 Å². The van der Waals surface area contributed by atoms with Crippen LogP contribution in [0.5, 0.6) is 0 Å². The van der Waals surface area contributed by atoms with E-state index in [9.17, 15) is 0 Å². The summed E-state index contributed by atoms with van der Waals surface area (Å²) in [6.45, 7) is 3.32. The van der Waals surface area contributed by atoms with Gasteiger partial charge in [0.1, 0.15) is 0 Å². The maximum atomic E-state index is 4.33. The van der Waals surface area contributed by atoms with Crippen LogP contribution in [0.15, 0.2) is 48.7 Å². The van der Waals surface area contributed by atoms with Crippen LogP contribution in [0.4, 0.5) is 11.4 Å². The van der Waals surface area contributed by atoms with Gasteiger partial charge in [-0.3, -0.25) is 4.98 Å². The fraction of sp³-hybridized carbons (Fsp3) is 0.353. The van der Waals surface area contributed by atoms with E-state index in [1.807, 2.05) is 18.3 Å². The van der Waals surface area contributed by atoms with Crippen molar-refractivity contribution in [2.24, 2.45) is 0 Å². The Kier molecular flexibility index (Phi) is 4.16. The van der Waals surface area contributed by atoms with Crippen molar-refractivity contribution < 1.29 is 0 Å². The number of aromatic nitrogens is 1. The molecular formula is C17H21N3. The summed E-state index contributed by atoms with van der Waals surface area (Å²) in [5.41, 5.74) is 3.66. The highest BCUT2D eigenvalue weighted by Gasteiger charge is 2.11. The summed E-state index contributed by atoms with van der Waals surface area (Å²) in [6, 6.07) is 14.8. The van der Waals surface area contributed by atoms with Crippen LogP contribution in [0.2, 0.25) is 0 Å². The predicted octanol–water partition coefficient (Wildman–Crippen LogP) is 3.34. The first kappa shape index (κ1) is 13.0. The molecular weight excluding hydrogens is 246 g/mol. The molecule has 1 aliphatic heterocycles. The standard InChI is InChI=1S/C17H21N3/c1-2-11-18-15(5-1)10-12-19-16-6-8-17(9-7-16)20-13-3-4-14-20/h1-2,5-9,11,19H,3-4,10,12-14H2. The second-order valence-corrected chi connectivity index (χ2v) is 5.24. The molecule has 1 aromatic heterocycles. The fourth-order valence-corrected chi connectivity index (χ4v) is 2.65. The normalized spacial score (nSPS) is 14.5. The molecule has 0 aliphatic carbocycles. The third-order valence-corrected chi connectivity index (χ3v) is 3.77. The number of hydrogen-bond donors (Lipinski definition) is 1. The summed E-state index contributed by atoms with van der Waals surface area (Å²) in [4.78, 5) is 6.79. The van der Waals surface area contributed by atoms with Crippen LogP contribution < -0.4 is 10.2 Å². The molecule has 0 spiro atoms. The number of pyridine rings is 1. The van der Waals surface area contributed by atoms with Gasteiger partial charge in [0.2, 0.25) is 0 Å². The molecule has 0 amide bonds. The fourth-order valence-electron chi connectivity index (χ4n) is 2.65. The zero-order valence-corrected chi connectivity index (χ0v) is 11.8. The van der Waals surface area contributed by atoms with Crippen LogP contribution in [0.25, 0.3) is 0 Å². The van der Waals surface area contributed by atoms with Gasteiger partial charge in [-0.25, -0.2) is 0 Å². The molecule has 1 N–H and O–H groups in total. The number of nitrogens with one attached hydrogen (secondary N) is 1. The number of rotatable bonds is 5. The van der Waals surface area contributed by atoms with Gasteiger partial charge >= 0.3 is 0 Å². The van der Waals surface area contributed by atoms with E-state index in [1.54, 1.807) is 0 Å². The Labute approximate surface area is 120 Å². The molecule has 1 saturated heterocycles. The Morgan fingerprint density at radius 3 is 2.50 bits per heavy atom. The first-order valence-electron chi connectivity index (χ1n) is 7.41.